The van der Waals surface area contributed by atoms with Gasteiger partial charge in [0, 0.05) is 21.8 Å². The Morgan fingerprint density at radius 1 is 1.09 bits per heavy atom. The Morgan fingerprint density at radius 3 is 2.54 bits per heavy atom. The van der Waals surface area contributed by atoms with Crippen molar-refractivity contribution < 1.29 is 22.4 Å². The van der Waals surface area contributed by atoms with Crippen LogP contribution in [0.4, 0.5) is 21.5 Å². The van der Waals surface area contributed by atoms with Crippen molar-refractivity contribution in [3.05, 3.63) is 81.6 Å². The van der Waals surface area contributed by atoms with E-state index in [9.17, 15) is 22.4 Å². The Bertz CT molecular complexity index is 1460. The zero-order valence-corrected chi connectivity index (χ0v) is 20.9. The second kappa shape index (κ2) is 9.49. The van der Waals surface area contributed by atoms with E-state index in [-0.39, 0.29) is 16.3 Å². The summed E-state index contributed by atoms with van der Waals surface area (Å²) in [5.41, 5.74) is 1.24. The maximum atomic E-state index is 14.2. The van der Waals surface area contributed by atoms with Gasteiger partial charge in [0.2, 0.25) is 11.8 Å². The van der Waals surface area contributed by atoms with E-state index in [2.05, 4.69) is 10.6 Å². The third kappa shape index (κ3) is 4.98. The normalized spacial score (nSPS) is 15.4. The fourth-order valence-corrected chi connectivity index (χ4v) is 6.18. The van der Waals surface area contributed by atoms with Crippen LogP contribution in [0.2, 0.25) is 10.0 Å². The second-order valence-corrected chi connectivity index (χ2v) is 10.7. The lowest BCUT2D eigenvalue weighted by molar-refractivity contribution is -0.122. The number of nitrogens with zero attached hydrogens (tertiary/aromatic N) is 1. The first-order valence-corrected chi connectivity index (χ1v) is 12.6. The Balaban J connectivity index is 1.80. The van der Waals surface area contributed by atoms with Crippen LogP contribution in [0.15, 0.2) is 59.5 Å². The number of benzene rings is 3. The van der Waals surface area contributed by atoms with Gasteiger partial charge >= 0.3 is 0 Å². The van der Waals surface area contributed by atoms with Gasteiger partial charge in [0.25, 0.3) is 10.0 Å². The number of amides is 2. The minimum absolute atomic E-state index is 0.0860. The summed E-state index contributed by atoms with van der Waals surface area (Å²) < 4.78 is 42.9. The molecule has 2 amide bonds. The molecule has 0 spiro atoms. The van der Waals surface area contributed by atoms with E-state index in [1.54, 1.807) is 32.0 Å². The summed E-state index contributed by atoms with van der Waals surface area (Å²) in [6, 6.07) is 11.2. The lowest BCUT2D eigenvalue weighted by Crippen LogP contribution is -2.52. The Kier molecular flexibility index (Phi) is 6.77. The first-order chi connectivity index (χ1) is 16.5. The van der Waals surface area contributed by atoms with Crippen LogP contribution >= 0.6 is 23.2 Å². The zero-order valence-electron chi connectivity index (χ0n) is 18.6. The van der Waals surface area contributed by atoms with E-state index in [1.807, 2.05) is 0 Å². The molecular formula is C24H20Cl2FN3O4S. The van der Waals surface area contributed by atoms with Crippen LogP contribution in [0.25, 0.3) is 0 Å². The number of rotatable bonds is 5. The lowest BCUT2D eigenvalue weighted by Gasteiger charge is -2.37. The number of carbonyl (C=O) groups is 2. The van der Waals surface area contributed by atoms with E-state index in [0.717, 1.165) is 16.4 Å². The Hall–Kier alpha value is -3.14. The molecule has 0 aliphatic carbocycles. The number of hydrogen-bond donors (Lipinski definition) is 2. The fraction of sp³-hybridized carbons (Fsp3) is 0.167. The first kappa shape index (κ1) is 25.0. The van der Waals surface area contributed by atoms with Crippen molar-refractivity contribution in [3.8, 4) is 0 Å². The average molecular weight is 536 g/mol. The quantitative estimate of drug-likeness (QED) is 0.463. The van der Waals surface area contributed by atoms with Gasteiger partial charge in [-0.25, -0.2) is 12.8 Å². The summed E-state index contributed by atoms with van der Waals surface area (Å²) in [6.45, 7) is 3.21. The van der Waals surface area contributed by atoms with Crippen molar-refractivity contribution >= 4 is 62.1 Å². The maximum absolute atomic E-state index is 14.2. The second-order valence-electron chi connectivity index (χ2n) is 8.10. The van der Waals surface area contributed by atoms with Gasteiger partial charge in [-0.1, -0.05) is 29.3 Å². The highest BCUT2D eigenvalue weighted by Gasteiger charge is 2.43. The minimum atomic E-state index is -4.42. The van der Waals surface area contributed by atoms with Crippen LogP contribution < -0.4 is 14.9 Å². The van der Waals surface area contributed by atoms with E-state index in [0.29, 0.717) is 26.9 Å². The van der Waals surface area contributed by atoms with Crippen molar-refractivity contribution in [2.24, 2.45) is 0 Å². The number of nitrogens with one attached hydrogen (secondary N) is 2. The molecule has 0 bridgehead atoms. The number of fused-ring (bicyclic) bond motifs is 1. The van der Waals surface area contributed by atoms with Gasteiger partial charge < -0.3 is 10.6 Å². The molecule has 1 atom stereocenters. The van der Waals surface area contributed by atoms with E-state index in [4.69, 9.17) is 23.2 Å². The van der Waals surface area contributed by atoms with Crippen molar-refractivity contribution in [1.29, 1.82) is 0 Å². The lowest BCUT2D eigenvalue weighted by atomic mass is 10.1. The summed E-state index contributed by atoms with van der Waals surface area (Å²) in [7, 11) is -4.42. The molecule has 182 valence electrons. The van der Waals surface area contributed by atoms with Gasteiger partial charge in [0.15, 0.2) is 0 Å². The molecule has 1 unspecified atom stereocenters. The molecule has 0 fully saturated rings. The van der Waals surface area contributed by atoms with E-state index in [1.165, 1.54) is 24.3 Å². The van der Waals surface area contributed by atoms with Gasteiger partial charge in [-0.15, -0.1) is 0 Å². The predicted molar refractivity (Wildman–Crippen MR) is 134 cm³/mol. The number of anilines is 3. The molecular weight excluding hydrogens is 516 g/mol. The summed E-state index contributed by atoms with van der Waals surface area (Å²) in [5.74, 6) is -2.06. The van der Waals surface area contributed by atoms with Crippen molar-refractivity contribution in [3.63, 3.8) is 0 Å². The summed E-state index contributed by atoms with van der Waals surface area (Å²) in [6.07, 6.45) is -0.529. The molecule has 0 saturated heterocycles. The molecule has 3 aromatic carbocycles. The topological polar surface area (TPSA) is 95.6 Å². The third-order valence-corrected chi connectivity index (χ3v) is 8.13. The van der Waals surface area contributed by atoms with Crippen LogP contribution in [0, 0.1) is 19.7 Å². The molecule has 1 aliphatic heterocycles. The van der Waals surface area contributed by atoms with Crippen molar-refractivity contribution in [1.82, 2.24) is 0 Å². The Morgan fingerprint density at radius 2 is 1.83 bits per heavy atom. The number of sulfonamides is 1. The maximum Gasteiger partial charge on any atom is 0.265 e. The summed E-state index contributed by atoms with van der Waals surface area (Å²) in [5, 5.41) is 5.95. The molecule has 0 radical (unpaired) electrons. The smallest absolute Gasteiger partial charge is 0.265 e. The van der Waals surface area contributed by atoms with Gasteiger partial charge in [0.1, 0.15) is 11.9 Å². The molecule has 1 heterocycles. The standard InChI is InChI=1S/C24H20Cl2FN3O4S/c1-13-9-22(14(2)8-18(13)26)35(33,34)30-20-11-16(27)6-7-19(20)29-24(32)21(30)12-23(31)28-17-5-3-4-15(25)10-17/h3-11,21H,12H2,1-2H3,(H,28,31)(H,29,32). The Labute approximate surface area is 211 Å². The van der Waals surface area contributed by atoms with Crippen molar-refractivity contribution in [2.45, 2.75) is 31.2 Å². The molecule has 1 aliphatic rings. The molecule has 3 aromatic rings. The van der Waals surface area contributed by atoms with Crippen LogP contribution in [-0.4, -0.2) is 26.3 Å². The molecule has 2 N–H and O–H groups in total. The van der Waals surface area contributed by atoms with Gasteiger partial charge in [-0.3, -0.25) is 13.9 Å². The van der Waals surface area contributed by atoms with Crippen molar-refractivity contribution in [2.75, 3.05) is 14.9 Å². The highest BCUT2D eigenvalue weighted by atomic mass is 35.5. The molecule has 0 aromatic heterocycles. The van der Waals surface area contributed by atoms with Gasteiger partial charge in [0.05, 0.1) is 22.7 Å². The van der Waals surface area contributed by atoms with Crippen LogP contribution in [0.3, 0.4) is 0 Å². The highest BCUT2D eigenvalue weighted by Crippen LogP contribution is 2.39. The number of hydrogen-bond acceptors (Lipinski definition) is 4. The third-order valence-electron chi connectivity index (χ3n) is 5.52. The van der Waals surface area contributed by atoms with Crippen LogP contribution in [0.1, 0.15) is 17.5 Å². The van der Waals surface area contributed by atoms with E-state index >= 15 is 0 Å². The predicted octanol–water partition coefficient (Wildman–Crippen LogP) is 5.29. The molecule has 35 heavy (non-hydrogen) atoms. The number of halogens is 3. The average Bonchev–Trinajstić information content (AvgIpc) is 2.76. The SMILES string of the molecule is Cc1cc(S(=O)(=O)N2c3cc(F)ccc3NC(=O)C2CC(=O)Nc2cccc(Cl)c2)c(C)cc1Cl. The highest BCUT2D eigenvalue weighted by molar-refractivity contribution is 7.93. The van der Waals surface area contributed by atoms with Crippen LogP contribution in [0.5, 0.6) is 0 Å². The zero-order chi connectivity index (χ0) is 25.5. The molecule has 11 heteroatoms. The van der Waals surface area contributed by atoms with Gasteiger partial charge in [-0.05, 0) is 67.4 Å². The number of carbonyl (C=O) groups excluding carboxylic acids is 2. The first-order valence-electron chi connectivity index (χ1n) is 10.4. The molecule has 4 rings (SSSR count). The van der Waals surface area contributed by atoms with Crippen LogP contribution in [-0.2, 0) is 19.6 Å². The van der Waals surface area contributed by atoms with Gasteiger partial charge in [-0.2, -0.15) is 0 Å². The fourth-order valence-electron chi connectivity index (χ4n) is 3.85. The summed E-state index contributed by atoms with van der Waals surface area (Å²) in [4.78, 5) is 25.8. The monoisotopic (exact) mass is 535 g/mol. The minimum Gasteiger partial charge on any atom is -0.326 e. The largest absolute Gasteiger partial charge is 0.326 e. The number of aryl methyl sites for hydroxylation is 2. The molecule has 0 saturated carbocycles. The summed E-state index contributed by atoms with van der Waals surface area (Å²) >= 11 is 12.1. The molecule has 7 nitrogen and oxygen atoms in total. The van der Waals surface area contributed by atoms with E-state index < -0.39 is 40.1 Å².